The highest BCUT2D eigenvalue weighted by Gasteiger charge is 2.13. The van der Waals surface area contributed by atoms with Crippen LogP contribution in [-0.2, 0) is 9.84 Å². The zero-order valence-corrected chi connectivity index (χ0v) is 9.81. The molecule has 2 nitrogen and oxygen atoms in total. The molecule has 0 aromatic heterocycles. The van der Waals surface area contributed by atoms with Gasteiger partial charge in [-0.1, -0.05) is 22.0 Å². The van der Waals surface area contributed by atoms with Crippen molar-refractivity contribution in [2.75, 3.05) is 12.4 Å². The van der Waals surface area contributed by atoms with Crippen molar-refractivity contribution in [3.05, 3.63) is 28.7 Å². The maximum absolute atomic E-state index is 11.8. The predicted molar refractivity (Wildman–Crippen MR) is 56.8 cm³/mol. The lowest BCUT2D eigenvalue weighted by molar-refractivity contribution is 0.484. The molecule has 1 aromatic carbocycles. The van der Waals surface area contributed by atoms with Crippen LogP contribution in [0.3, 0.4) is 0 Å². The highest BCUT2D eigenvalue weighted by molar-refractivity contribution is 9.10. The molecule has 1 rings (SSSR count). The summed E-state index contributed by atoms with van der Waals surface area (Å²) in [6.07, 6.45) is 0.0504. The molecule has 14 heavy (non-hydrogen) atoms. The third-order valence-electron chi connectivity index (χ3n) is 1.70. The SMILES string of the molecule is O=S(=O)(CCCF)c1cccc(Br)c1. The van der Waals surface area contributed by atoms with E-state index in [4.69, 9.17) is 0 Å². The third kappa shape index (κ3) is 3.06. The molecule has 5 heteroatoms. The van der Waals surface area contributed by atoms with Crippen molar-refractivity contribution in [1.82, 2.24) is 0 Å². The van der Waals surface area contributed by atoms with Crippen LogP contribution in [0.15, 0.2) is 33.6 Å². The number of hydrogen-bond acceptors (Lipinski definition) is 2. The average molecular weight is 281 g/mol. The Hall–Kier alpha value is -0.420. The molecule has 0 saturated heterocycles. The van der Waals surface area contributed by atoms with Gasteiger partial charge in [0.2, 0.25) is 0 Å². The van der Waals surface area contributed by atoms with Gasteiger partial charge in [-0.05, 0) is 24.6 Å². The summed E-state index contributed by atoms with van der Waals surface area (Å²) in [6.45, 7) is -0.604. The van der Waals surface area contributed by atoms with E-state index >= 15 is 0 Å². The Morgan fingerprint density at radius 3 is 2.64 bits per heavy atom. The van der Waals surface area contributed by atoms with Crippen molar-refractivity contribution in [1.29, 1.82) is 0 Å². The average Bonchev–Trinajstić information content (AvgIpc) is 2.15. The van der Waals surface area contributed by atoms with Gasteiger partial charge in [-0.25, -0.2) is 8.42 Å². The van der Waals surface area contributed by atoms with E-state index in [1.54, 1.807) is 12.1 Å². The molecule has 0 atom stereocenters. The molecule has 0 radical (unpaired) electrons. The highest BCUT2D eigenvalue weighted by Crippen LogP contribution is 2.17. The maximum Gasteiger partial charge on any atom is 0.178 e. The van der Waals surface area contributed by atoms with Crippen LogP contribution >= 0.6 is 15.9 Å². The van der Waals surface area contributed by atoms with Gasteiger partial charge in [0.05, 0.1) is 17.3 Å². The quantitative estimate of drug-likeness (QED) is 0.850. The molecule has 0 aliphatic rings. The summed E-state index contributed by atoms with van der Waals surface area (Å²) in [5.74, 6) is -0.139. The number of rotatable bonds is 4. The second kappa shape index (κ2) is 4.89. The first kappa shape index (κ1) is 11.7. The fourth-order valence-electron chi connectivity index (χ4n) is 1.02. The zero-order chi connectivity index (χ0) is 10.6. The molecule has 0 fully saturated rings. The monoisotopic (exact) mass is 280 g/mol. The first-order valence-corrected chi connectivity index (χ1v) is 6.55. The first-order chi connectivity index (χ1) is 6.56. The van der Waals surface area contributed by atoms with E-state index < -0.39 is 16.5 Å². The lowest BCUT2D eigenvalue weighted by Crippen LogP contribution is -2.07. The third-order valence-corrected chi connectivity index (χ3v) is 3.99. The second-order valence-electron chi connectivity index (χ2n) is 2.82. The molecule has 78 valence electrons. The Bertz CT molecular complexity index is 403. The molecule has 0 bridgehead atoms. The first-order valence-electron chi connectivity index (χ1n) is 4.10. The Morgan fingerprint density at radius 1 is 1.36 bits per heavy atom. The summed E-state index contributed by atoms with van der Waals surface area (Å²) in [5, 5.41) is 0. The number of sulfone groups is 1. The molecule has 0 amide bonds. The van der Waals surface area contributed by atoms with Crippen LogP contribution in [0.5, 0.6) is 0 Å². The number of halogens is 2. The fraction of sp³-hybridized carbons (Fsp3) is 0.333. The molecule has 0 N–H and O–H groups in total. The predicted octanol–water partition coefficient (Wildman–Crippen LogP) is 2.58. The maximum atomic E-state index is 11.8. The van der Waals surface area contributed by atoms with E-state index in [2.05, 4.69) is 15.9 Å². The van der Waals surface area contributed by atoms with Gasteiger partial charge >= 0.3 is 0 Å². The minimum atomic E-state index is -3.31. The van der Waals surface area contributed by atoms with Crippen LogP contribution in [0.1, 0.15) is 6.42 Å². The molecule has 0 saturated carbocycles. The van der Waals surface area contributed by atoms with E-state index in [1.165, 1.54) is 12.1 Å². The number of alkyl halides is 1. The van der Waals surface area contributed by atoms with E-state index in [-0.39, 0.29) is 17.1 Å². The van der Waals surface area contributed by atoms with Crippen LogP contribution in [0.4, 0.5) is 4.39 Å². The molecule has 0 unspecified atom stereocenters. The van der Waals surface area contributed by atoms with Gasteiger partial charge in [-0.3, -0.25) is 4.39 Å². The van der Waals surface area contributed by atoms with Crippen LogP contribution in [0.25, 0.3) is 0 Å². The Balaban J connectivity index is 2.93. The standard InChI is InChI=1S/C9H10BrFO2S/c10-8-3-1-4-9(7-8)14(12,13)6-2-5-11/h1,3-4,7H,2,5-6H2. The largest absolute Gasteiger partial charge is 0.251 e. The van der Waals surface area contributed by atoms with Crippen molar-refractivity contribution < 1.29 is 12.8 Å². The molecular weight excluding hydrogens is 271 g/mol. The lowest BCUT2D eigenvalue weighted by atomic mass is 10.4. The molecule has 0 aliphatic carbocycles. The van der Waals surface area contributed by atoms with E-state index in [1.807, 2.05) is 0 Å². The van der Waals surface area contributed by atoms with Gasteiger partial charge in [-0.2, -0.15) is 0 Å². The summed E-state index contributed by atoms with van der Waals surface area (Å²) in [4.78, 5) is 0.236. The van der Waals surface area contributed by atoms with Crippen molar-refractivity contribution in [2.45, 2.75) is 11.3 Å². The molecule has 0 spiro atoms. The highest BCUT2D eigenvalue weighted by atomic mass is 79.9. The van der Waals surface area contributed by atoms with Gasteiger partial charge in [-0.15, -0.1) is 0 Å². The molecule has 0 aliphatic heterocycles. The van der Waals surface area contributed by atoms with Crippen LogP contribution < -0.4 is 0 Å². The topological polar surface area (TPSA) is 34.1 Å². The second-order valence-corrected chi connectivity index (χ2v) is 5.84. The Kier molecular flexibility index (Phi) is 4.07. The Labute approximate surface area is 91.2 Å². The summed E-state index contributed by atoms with van der Waals surface area (Å²) >= 11 is 3.18. The zero-order valence-electron chi connectivity index (χ0n) is 7.41. The lowest BCUT2D eigenvalue weighted by Gasteiger charge is -2.02. The van der Waals surface area contributed by atoms with Gasteiger partial charge < -0.3 is 0 Å². The van der Waals surface area contributed by atoms with E-state index in [0.29, 0.717) is 4.47 Å². The molecule has 0 heterocycles. The van der Waals surface area contributed by atoms with Gasteiger partial charge in [0.1, 0.15) is 0 Å². The van der Waals surface area contributed by atoms with Crippen LogP contribution in [-0.4, -0.2) is 20.8 Å². The fourth-order valence-corrected chi connectivity index (χ4v) is 2.89. The summed E-state index contributed by atoms with van der Waals surface area (Å²) in [7, 11) is -3.31. The summed E-state index contributed by atoms with van der Waals surface area (Å²) in [5.41, 5.74) is 0. The summed E-state index contributed by atoms with van der Waals surface area (Å²) < 4.78 is 35.7. The van der Waals surface area contributed by atoms with E-state index in [9.17, 15) is 12.8 Å². The van der Waals surface area contributed by atoms with Crippen molar-refractivity contribution >= 4 is 25.8 Å². The van der Waals surface area contributed by atoms with E-state index in [0.717, 1.165) is 0 Å². The van der Waals surface area contributed by atoms with Crippen molar-refractivity contribution in [3.8, 4) is 0 Å². The number of benzene rings is 1. The van der Waals surface area contributed by atoms with Gasteiger partial charge in [0, 0.05) is 4.47 Å². The van der Waals surface area contributed by atoms with Gasteiger partial charge in [0.15, 0.2) is 9.84 Å². The Morgan fingerprint density at radius 2 is 2.07 bits per heavy atom. The van der Waals surface area contributed by atoms with Crippen molar-refractivity contribution in [3.63, 3.8) is 0 Å². The summed E-state index contributed by atoms with van der Waals surface area (Å²) in [6, 6.07) is 6.42. The molecule has 1 aromatic rings. The van der Waals surface area contributed by atoms with Gasteiger partial charge in [0.25, 0.3) is 0 Å². The van der Waals surface area contributed by atoms with Crippen LogP contribution in [0.2, 0.25) is 0 Å². The van der Waals surface area contributed by atoms with Crippen LogP contribution in [0, 0.1) is 0 Å². The normalized spacial score (nSPS) is 11.6. The van der Waals surface area contributed by atoms with Crippen molar-refractivity contribution in [2.24, 2.45) is 0 Å². The smallest absolute Gasteiger partial charge is 0.178 e. The molecular formula is C9H10BrFO2S. The minimum Gasteiger partial charge on any atom is -0.251 e. The minimum absolute atomic E-state index is 0.0504. The number of hydrogen-bond donors (Lipinski definition) is 0.